The summed E-state index contributed by atoms with van der Waals surface area (Å²) in [7, 11) is 1.59. The van der Waals surface area contributed by atoms with Crippen molar-refractivity contribution in [1.29, 1.82) is 5.26 Å². The Labute approximate surface area is 132 Å². The summed E-state index contributed by atoms with van der Waals surface area (Å²) in [6.45, 7) is 0. The molecular formula is C11H8I2N2OS. The molecule has 0 saturated heterocycles. The largest absolute Gasteiger partial charge is 0.495 e. The molecule has 0 unspecified atom stereocenters. The molecule has 1 rings (SSSR count). The molecule has 0 aromatic heterocycles. The van der Waals surface area contributed by atoms with E-state index in [9.17, 15) is 0 Å². The van der Waals surface area contributed by atoms with E-state index in [0.717, 1.165) is 18.5 Å². The molecule has 3 nitrogen and oxygen atoms in total. The molecule has 0 bridgehead atoms. The summed E-state index contributed by atoms with van der Waals surface area (Å²) < 4.78 is 7.34. The van der Waals surface area contributed by atoms with Crippen molar-refractivity contribution in [2.75, 3.05) is 7.11 Å². The quantitative estimate of drug-likeness (QED) is 0.320. The molecular weight excluding hydrogens is 462 g/mol. The number of rotatable bonds is 3. The highest BCUT2D eigenvalue weighted by molar-refractivity contribution is 14.1. The standard InChI is InChI=1S/C11H8I2N2OS/c1-16-10-6(2-7(5-14)11(15)17)3-8(12)4-9(10)13/h2-4H,1H3,(H2,15,17)/b7-2+. The minimum absolute atomic E-state index is 0.0865. The highest BCUT2D eigenvalue weighted by atomic mass is 127. The van der Waals surface area contributed by atoms with Gasteiger partial charge in [0.1, 0.15) is 16.8 Å². The third kappa shape index (κ3) is 3.79. The van der Waals surface area contributed by atoms with Gasteiger partial charge >= 0.3 is 0 Å². The number of halogens is 2. The number of thiocarbonyl (C=S) groups is 1. The third-order valence-corrected chi connectivity index (χ3v) is 3.57. The maximum absolute atomic E-state index is 8.93. The van der Waals surface area contributed by atoms with Gasteiger partial charge in [0.25, 0.3) is 0 Å². The minimum Gasteiger partial charge on any atom is -0.495 e. The Morgan fingerprint density at radius 3 is 2.65 bits per heavy atom. The summed E-state index contributed by atoms with van der Waals surface area (Å²) in [5, 5.41) is 8.93. The summed E-state index contributed by atoms with van der Waals surface area (Å²) >= 11 is 9.19. The third-order valence-electron chi connectivity index (χ3n) is 1.93. The molecule has 0 fully saturated rings. The molecule has 0 saturated carbocycles. The number of benzene rings is 1. The number of hydrogen-bond donors (Lipinski definition) is 1. The Kier molecular flexibility index (Phi) is 5.61. The Morgan fingerprint density at radius 2 is 2.18 bits per heavy atom. The van der Waals surface area contributed by atoms with Gasteiger partial charge in [0.2, 0.25) is 0 Å². The van der Waals surface area contributed by atoms with Crippen LogP contribution in [0.4, 0.5) is 0 Å². The Bertz CT molecular complexity index is 535. The molecule has 2 N–H and O–H groups in total. The van der Waals surface area contributed by atoms with Crippen molar-refractivity contribution < 1.29 is 4.74 Å². The summed E-state index contributed by atoms with van der Waals surface area (Å²) in [5.74, 6) is 0.718. The van der Waals surface area contributed by atoms with E-state index in [1.165, 1.54) is 0 Å². The summed E-state index contributed by atoms with van der Waals surface area (Å²) in [6.07, 6.45) is 1.64. The van der Waals surface area contributed by atoms with Crippen molar-refractivity contribution in [2.45, 2.75) is 0 Å². The zero-order valence-electron chi connectivity index (χ0n) is 8.83. The topological polar surface area (TPSA) is 59.0 Å². The van der Waals surface area contributed by atoms with E-state index in [-0.39, 0.29) is 10.6 Å². The van der Waals surface area contributed by atoms with Crippen molar-refractivity contribution in [1.82, 2.24) is 0 Å². The first-order chi connectivity index (χ1) is 7.99. The molecule has 0 heterocycles. The Hall–Kier alpha value is -0.400. The van der Waals surface area contributed by atoms with Crippen LogP contribution in [0.25, 0.3) is 6.08 Å². The molecule has 0 atom stereocenters. The van der Waals surface area contributed by atoms with Crippen LogP contribution in [0.15, 0.2) is 17.7 Å². The van der Waals surface area contributed by atoms with Gasteiger partial charge in [0.05, 0.1) is 16.3 Å². The summed E-state index contributed by atoms with van der Waals surface area (Å²) in [4.78, 5) is 0.0865. The van der Waals surface area contributed by atoms with Gasteiger partial charge in [-0.1, -0.05) is 12.2 Å². The second kappa shape index (κ2) is 6.51. The van der Waals surface area contributed by atoms with Crippen molar-refractivity contribution in [3.63, 3.8) is 0 Å². The number of methoxy groups -OCH3 is 1. The van der Waals surface area contributed by atoms with E-state index in [1.54, 1.807) is 13.2 Å². The number of ether oxygens (including phenoxy) is 1. The van der Waals surface area contributed by atoms with Crippen LogP contribution in [0.5, 0.6) is 5.75 Å². The van der Waals surface area contributed by atoms with Crippen LogP contribution in [0, 0.1) is 18.5 Å². The van der Waals surface area contributed by atoms with Crippen molar-refractivity contribution in [3.05, 3.63) is 30.4 Å². The van der Waals surface area contributed by atoms with E-state index in [2.05, 4.69) is 45.2 Å². The van der Waals surface area contributed by atoms with Crippen molar-refractivity contribution in [2.24, 2.45) is 5.73 Å². The molecule has 0 amide bonds. The number of nitrogens with two attached hydrogens (primary N) is 1. The molecule has 17 heavy (non-hydrogen) atoms. The van der Waals surface area contributed by atoms with Gasteiger partial charge in [-0.15, -0.1) is 0 Å². The highest BCUT2D eigenvalue weighted by Gasteiger charge is 2.09. The summed E-state index contributed by atoms with van der Waals surface area (Å²) in [5.41, 5.74) is 6.53. The van der Waals surface area contributed by atoms with E-state index >= 15 is 0 Å². The average molecular weight is 470 g/mol. The first-order valence-corrected chi connectivity index (χ1v) is 7.00. The van der Waals surface area contributed by atoms with Crippen LogP contribution in [0.3, 0.4) is 0 Å². The summed E-state index contributed by atoms with van der Waals surface area (Å²) in [6, 6.07) is 5.88. The van der Waals surface area contributed by atoms with Gasteiger partial charge < -0.3 is 10.5 Å². The first kappa shape index (κ1) is 14.7. The lowest BCUT2D eigenvalue weighted by Gasteiger charge is -2.08. The van der Waals surface area contributed by atoms with Gasteiger partial charge in [-0.3, -0.25) is 0 Å². The molecule has 0 spiro atoms. The lowest BCUT2D eigenvalue weighted by Crippen LogP contribution is -2.09. The molecule has 1 aromatic rings. The predicted molar refractivity (Wildman–Crippen MR) is 88.8 cm³/mol. The van der Waals surface area contributed by atoms with Gasteiger partial charge in [-0.2, -0.15) is 5.26 Å². The fraction of sp³-hybridized carbons (Fsp3) is 0.0909. The maximum Gasteiger partial charge on any atom is 0.139 e. The number of nitriles is 1. The number of hydrogen-bond acceptors (Lipinski definition) is 3. The smallest absolute Gasteiger partial charge is 0.139 e. The van der Waals surface area contributed by atoms with Gasteiger partial charge in [0.15, 0.2) is 0 Å². The van der Waals surface area contributed by atoms with Gasteiger partial charge in [0, 0.05) is 9.13 Å². The highest BCUT2D eigenvalue weighted by Crippen LogP contribution is 2.29. The normalized spacial score (nSPS) is 10.8. The van der Waals surface area contributed by atoms with Crippen LogP contribution >= 0.6 is 57.4 Å². The Morgan fingerprint density at radius 1 is 1.53 bits per heavy atom. The Balaban J connectivity index is 3.41. The SMILES string of the molecule is COc1c(I)cc(I)cc1/C=C(\C#N)C(N)=S. The molecule has 88 valence electrons. The first-order valence-electron chi connectivity index (χ1n) is 4.44. The van der Waals surface area contributed by atoms with Crippen molar-refractivity contribution in [3.8, 4) is 11.8 Å². The molecule has 0 aliphatic rings. The number of nitrogens with zero attached hydrogens (tertiary/aromatic N) is 1. The lowest BCUT2D eigenvalue weighted by atomic mass is 10.1. The van der Waals surface area contributed by atoms with Crippen LogP contribution in [-0.4, -0.2) is 12.1 Å². The lowest BCUT2D eigenvalue weighted by molar-refractivity contribution is 0.410. The average Bonchev–Trinajstić information content (AvgIpc) is 2.24. The fourth-order valence-electron chi connectivity index (χ4n) is 1.22. The second-order valence-electron chi connectivity index (χ2n) is 3.04. The van der Waals surface area contributed by atoms with E-state index in [4.69, 9.17) is 28.0 Å². The zero-order chi connectivity index (χ0) is 13.0. The second-order valence-corrected chi connectivity index (χ2v) is 5.89. The molecule has 1 aromatic carbocycles. The van der Waals surface area contributed by atoms with Crippen LogP contribution in [-0.2, 0) is 0 Å². The van der Waals surface area contributed by atoms with Gasteiger partial charge in [-0.25, -0.2) is 0 Å². The molecule has 6 heteroatoms. The van der Waals surface area contributed by atoms with Crippen molar-refractivity contribution >= 4 is 68.5 Å². The molecule has 0 radical (unpaired) electrons. The van der Waals surface area contributed by atoms with E-state index in [0.29, 0.717) is 0 Å². The molecule has 0 aliphatic heterocycles. The maximum atomic E-state index is 8.93. The zero-order valence-corrected chi connectivity index (χ0v) is 14.0. The fourth-order valence-corrected chi connectivity index (χ4v) is 3.43. The van der Waals surface area contributed by atoms with Crippen LogP contribution < -0.4 is 10.5 Å². The van der Waals surface area contributed by atoms with E-state index in [1.807, 2.05) is 18.2 Å². The van der Waals surface area contributed by atoms with Crippen LogP contribution in [0.1, 0.15) is 5.56 Å². The molecule has 0 aliphatic carbocycles. The predicted octanol–water partition coefficient (Wildman–Crippen LogP) is 3.10. The van der Waals surface area contributed by atoms with E-state index < -0.39 is 0 Å². The monoisotopic (exact) mass is 470 g/mol. The van der Waals surface area contributed by atoms with Gasteiger partial charge in [-0.05, 0) is 63.4 Å². The minimum atomic E-state index is 0.0865. The van der Waals surface area contributed by atoms with Crippen LogP contribution in [0.2, 0.25) is 0 Å².